The maximum atomic E-state index is 5.98. The number of benzene rings is 1. The molecule has 0 bridgehead atoms. The molecule has 0 fully saturated rings. The second kappa shape index (κ2) is 6.96. The summed E-state index contributed by atoms with van der Waals surface area (Å²) >= 11 is 5.98. The SMILES string of the molecule is CCCC(CCl)Cc1ccc(C(C)C)cc1. The van der Waals surface area contributed by atoms with E-state index in [2.05, 4.69) is 45.0 Å². The maximum Gasteiger partial charge on any atom is 0.0254 e. The Morgan fingerprint density at radius 2 is 1.75 bits per heavy atom. The van der Waals surface area contributed by atoms with Crippen LogP contribution in [-0.4, -0.2) is 5.88 Å². The molecule has 90 valence electrons. The largest absolute Gasteiger partial charge is 0.126 e. The fourth-order valence-electron chi connectivity index (χ4n) is 2.01. The van der Waals surface area contributed by atoms with Crippen LogP contribution in [0.5, 0.6) is 0 Å². The molecule has 0 N–H and O–H groups in total. The van der Waals surface area contributed by atoms with Crippen LogP contribution in [0.25, 0.3) is 0 Å². The molecule has 1 aromatic rings. The first-order chi connectivity index (χ1) is 7.67. The summed E-state index contributed by atoms with van der Waals surface area (Å²) in [4.78, 5) is 0. The molecule has 0 nitrogen and oxygen atoms in total. The van der Waals surface area contributed by atoms with Crippen molar-refractivity contribution in [1.82, 2.24) is 0 Å². The van der Waals surface area contributed by atoms with Gasteiger partial charge < -0.3 is 0 Å². The Hall–Kier alpha value is -0.490. The Bertz CT molecular complexity index is 287. The minimum atomic E-state index is 0.619. The lowest BCUT2D eigenvalue weighted by Crippen LogP contribution is -2.06. The van der Waals surface area contributed by atoms with E-state index in [4.69, 9.17) is 11.6 Å². The Morgan fingerprint density at radius 1 is 1.12 bits per heavy atom. The highest BCUT2D eigenvalue weighted by Gasteiger charge is 2.07. The molecule has 1 rings (SSSR count). The van der Waals surface area contributed by atoms with Gasteiger partial charge in [-0.3, -0.25) is 0 Å². The van der Waals surface area contributed by atoms with Gasteiger partial charge in [0.1, 0.15) is 0 Å². The van der Waals surface area contributed by atoms with E-state index in [0.717, 1.165) is 12.3 Å². The van der Waals surface area contributed by atoms with E-state index in [1.165, 1.54) is 24.0 Å². The minimum Gasteiger partial charge on any atom is -0.126 e. The molecule has 0 aromatic heterocycles. The molecule has 0 radical (unpaired) electrons. The first-order valence-electron chi connectivity index (χ1n) is 6.32. The van der Waals surface area contributed by atoms with Crippen molar-refractivity contribution in [1.29, 1.82) is 0 Å². The first kappa shape index (κ1) is 13.6. The van der Waals surface area contributed by atoms with E-state index >= 15 is 0 Å². The Morgan fingerprint density at radius 3 is 2.19 bits per heavy atom. The van der Waals surface area contributed by atoms with E-state index in [1.807, 2.05) is 0 Å². The number of rotatable bonds is 6. The van der Waals surface area contributed by atoms with E-state index < -0.39 is 0 Å². The summed E-state index contributed by atoms with van der Waals surface area (Å²) in [5.74, 6) is 2.03. The van der Waals surface area contributed by atoms with Gasteiger partial charge in [-0.2, -0.15) is 0 Å². The summed E-state index contributed by atoms with van der Waals surface area (Å²) in [5, 5.41) is 0. The lowest BCUT2D eigenvalue weighted by atomic mass is 9.94. The molecule has 0 spiro atoms. The van der Waals surface area contributed by atoms with Gasteiger partial charge in [-0.25, -0.2) is 0 Å². The third-order valence-corrected chi connectivity index (χ3v) is 3.52. The zero-order valence-corrected chi connectivity index (χ0v) is 11.4. The maximum absolute atomic E-state index is 5.98. The average molecular weight is 239 g/mol. The third-order valence-electron chi connectivity index (χ3n) is 3.09. The third kappa shape index (κ3) is 4.17. The van der Waals surface area contributed by atoms with E-state index in [9.17, 15) is 0 Å². The monoisotopic (exact) mass is 238 g/mol. The van der Waals surface area contributed by atoms with Crippen LogP contribution in [0.3, 0.4) is 0 Å². The summed E-state index contributed by atoms with van der Waals surface area (Å²) in [6.07, 6.45) is 3.58. The van der Waals surface area contributed by atoms with Crippen LogP contribution in [-0.2, 0) is 6.42 Å². The molecule has 1 aromatic carbocycles. The summed E-state index contributed by atoms with van der Waals surface area (Å²) in [6, 6.07) is 9.00. The number of halogens is 1. The van der Waals surface area contributed by atoms with Crippen LogP contribution < -0.4 is 0 Å². The van der Waals surface area contributed by atoms with Gasteiger partial charge in [-0.1, -0.05) is 51.5 Å². The summed E-state index contributed by atoms with van der Waals surface area (Å²) < 4.78 is 0. The van der Waals surface area contributed by atoms with Crippen molar-refractivity contribution in [2.45, 2.75) is 46.0 Å². The fraction of sp³-hybridized carbons (Fsp3) is 0.600. The zero-order valence-electron chi connectivity index (χ0n) is 10.7. The Balaban J connectivity index is 2.60. The van der Waals surface area contributed by atoms with Gasteiger partial charge in [0.15, 0.2) is 0 Å². The smallest absolute Gasteiger partial charge is 0.0254 e. The summed E-state index contributed by atoms with van der Waals surface area (Å²) in [7, 11) is 0. The quantitative estimate of drug-likeness (QED) is 0.612. The Kier molecular flexibility index (Phi) is 5.90. The fourth-order valence-corrected chi connectivity index (χ4v) is 2.28. The molecule has 0 heterocycles. The van der Waals surface area contributed by atoms with Crippen LogP contribution in [0.15, 0.2) is 24.3 Å². The molecule has 0 saturated carbocycles. The van der Waals surface area contributed by atoms with Crippen LogP contribution >= 0.6 is 11.6 Å². The van der Waals surface area contributed by atoms with Crippen molar-refractivity contribution in [2.24, 2.45) is 5.92 Å². The van der Waals surface area contributed by atoms with Crippen molar-refractivity contribution < 1.29 is 0 Å². The second-order valence-electron chi connectivity index (χ2n) is 4.91. The van der Waals surface area contributed by atoms with Crippen LogP contribution in [0, 0.1) is 5.92 Å². The second-order valence-corrected chi connectivity index (χ2v) is 5.22. The molecule has 0 amide bonds. The first-order valence-corrected chi connectivity index (χ1v) is 6.85. The van der Waals surface area contributed by atoms with Gasteiger partial charge in [0.2, 0.25) is 0 Å². The molecule has 16 heavy (non-hydrogen) atoms. The highest BCUT2D eigenvalue weighted by atomic mass is 35.5. The number of alkyl halides is 1. The van der Waals surface area contributed by atoms with Gasteiger partial charge in [0.05, 0.1) is 0 Å². The molecule has 0 saturated heterocycles. The van der Waals surface area contributed by atoms with Gasteiger partial charge in [0, 0.05) is 5.88 Å². The molecule has 0 aliphatic heterocycles. The van der Waals surface area contributed by atoms with Crippen LogP contribution in [0.4, 0.5) is 0 Å². The van der Waals surface area contributed by atoms with Gasteiger partial charge in [-0.15, -0.1) is 11.6 Å². The van der Waals surface area contributed by atoms with E-state index in [0.29, 0.717) is 11.8 Å². The van der Waals surface area contributed by atoms with Gasteiger partial charge >= 0.3 is 0 Å². The van der Waals surface area contributed by atoms with Crippen molar-refractivity contribution in [3.05, 3.63) is 35.4 Å². The summed E-state index contributed by atoms with van der Waals surface area (Å²) in [6.45, 7) is 6.68. The van der Waals surface area contributed by atoms with Crippen molar-refractivity contribution in [3.8, 4) is 0 Å². The van der Waals surface area contributed by atoms with E-state index in [-0.39, 0.29) is 0 Å². The highest BCUT2D eigenvalue weighted by molar-refractivity contribution is 6.18. The van der Waals surface area contributed by atoms with Gasteiger partial charge in [-0.05, 0) is 35.8 Å². The summed E-state index contributed by atoms with van der Waals surface area (Å²) in [5.41, 5.74) is 2.84. The van der Waals surface area contributed by atoms with Crippen LogP contribution in [0.2, 0.25) is 0 Å². The standard InChI is InChI=1S/C15H23Cl/c1-4-5-14(11-16)10-13-6-8-15(9-7-13)12(2)3/h6-9,12,14H,4-5,10-11H2,1-3H3. The number of hydrogen-bond donors (Lipinski definition) is 0. The molecular formula is C15H23Cl. The average Bonchev–Trinajstić information content (AvgIpc) is 2.29. The predicted octanol–water partition coefficient (Wildman–Crippen LogP) is 5.01. The zero-order chi connectivity index (χ0) is 12.0. The normalized spacial score (nSPS) is 13.1. The lowest BCUT2D eigenvalue weighted by molar-refractivity contribution is 0.528. The molecule has 0 aliphatic rings. The Labute approximate surface area is 105 Å². The molecule has 1 atom stereocenters. The number of hydrogen-bond acceptors (Lipinski definition) is 0. The van der Waals surface area contributed by atoms with E-state index in [1.54, 1.807) is 0 Å². The van der Waals surface area contributed by atoms with Crippen LogP contribution in [0.1, 0.15) is 50.7 Å². The minimum absolute atomic E-state index is 0.619. The van der Waals surface area contributed by atoms with Crippen molar-refractivity contribution in [3.63, 3.8) is 0 Å². The molecule has 0 aliphatic carbocycles. The topological polar surface area (TPSA) is 0 Å². The highest BCUT2D eigenvalue weighted by Crippen LogP contribution is 2.19. The van der Waals surface area contributed by atoms with Crippen molar-refractivity contribution in [2.75, 3.05) is 5.88 Å². The lowest BCUT2D eigenvalue weighted by Gasteiger charge is -2.13. The predicted molar refractivity (Wildman–Crippen MR) is 73.4 cm³/mol. The van der Waals surface area contributed by atoms with Gasteiger partial charge in [0.25, 0.3) is 0 Å². The molecular weight excluding hydrogens is 216 g/mol. The molecule has 1 heteroatoms. The van der Waals surface area contributed by atoms with Crippen molar-refractivity contribution >= 4 is 11.6 Å². The molecule has 1 unspecified atom stereocenters.